The van der Waals surface area contributed by atoms with Gasteiger partial charge in [0.15, 0.2) is 0 Å². The molecule has 0 radical (unpaired) electrons. The van der Waals surface area contributed by atoms with E-state index < -0.39 is 0 Å². The molecule has 9 rings (SSSR count). The van der Waals surface area contributed by atoms with Gasteiger partial charge in [-0.3, -0.25) is 0 Å². The van der Waals surface area contributed by atoms with Gasteiger partial charge < -0.3 is 0 Å². The van der Waals surface area contributed by atoms with Crippen molar-refractivity contribution >= 4 is 93.5 Å². The second-order valence-corrected chi connectivity index (χ2v) is 17.1. The fourth-order valence-corrected chi connectivity index (χ4v) is 13.7. The molecule has 1 aromatic heterocycles. The Labute approximate surface area is 264 Å². The molecule has 0 saturated heterocycles. The Hall–Kier alpha value is -2.91. The van der Waals surface area contributed by atoms with Crippen molar-refractivity contribution in [1.82, 2.24) is 4.57 Å². The molecule has 0 amide bonds. The van der Waals surface area contributed by atoms with Gasteiger partial charge in [-0.25, -0.2) is 0 Å². The molecule has 5 heteroatoms. The van der Waals surface area contributed by atoms with E-state index in [1.54, 1.807) is 40.0 Å². The first-order valence-electron chi connectivity index (χ1n) is 14.9. The van der Waals surface area contributed by atoms with Gasteiger partial charge in [0.05, 0.1) is 0 Å². The molecule has 0 unspecified atom stereocenters. The van der Waals surface area contributed by atoms with Crippen LogP contribution >= 0.6 is 11.8 Å². The predicted molar refractivity (Wildman–Crippen MR) is 183 cm³/mol. The number of benzene rings is 5. The van der Waals surface area contributed by atoms with Crippen LogP contribution in [0.3, 0.4) is 0 Å². The summed E-state index contributed by atoms with van der Waals surface area (Å²) in [6, 6.07) is 41.7. The number of hydrogen-bond donors (Lipinski definition) is 0. The second-order valence-electron chi connectivity index (χ2n) is 11.4. The van der Waals surface area contributed by atoms with Crippen LogP contribution in [0.25, 0.3) is 16.6 Å². The van der Waals surface area contributed by atoms with Crippen LogP contribution in [0.2, 0.25) is 0 Å². The Morgan fingerprint density at radius 3 is 2.21 bits per heavy atom. The van der Waals surface area contributed by atoms with E-state index in [9.17, 15) is 0 Å². The molecule has 3 aliphatic rings. The zero-order chi connectivity index (χ0) is 27.6. The Bertz CT molecular complexity index is 2010. The van der Waals surface area contributed by atoms with Gasteiger partial charge in [0.2, 0.25) is 0 Å². The summed E-state index contributed by atoms with van der Waals surface area (Å²) in [5.41, 5.74) is 10.7. The van der Waals surface area contributed by atoms with Crippen molar-refractivity contribution in [3.63, 3.8) is 0 Å². The summed E-state index contributed by atoms with van der Waals surface area (Å²) in [7, 11) is 0. The molecule has 0 bridgehead atoms. The average molecular weight is 687 g/mol. The summed E-state index contributed by atoms with van der Waals surface area (Å²) < 4.78 is 8.96. The SMILES string of the molecule is c1ccc(Sc2ccc3c(c2)[Se]c2cccc4c2B3c2c(cccc2-n2c3c(c5ccccc52)CCCCC3)[Se]4)cc1. The Kier molecular flexibility index (Phi) is 6.32. The first kappa shape index (κ1) is 25.6. The third-order valence-electron chi connectivity index (χ3n) is 9.03. The van der Waals surface area contributed by atoms with E-state index in [4.69, 9.17) is 0 Å². The summed E-state index contributed by atoms with van der Waals surface area (Å²) in [5.74, 6) is 0. The first-order chi connectivity index (χ1) is 20.8. The van der Waals surface area contributed by atoms with Crippen molar-refractivity contribution in [2.45, 2.75) is 41.9 Å². The van der Waals surface area contributed by atoms with Crippen LogP contribution in [0.4, 0.5) is 0 Å². The minimum absolute atomic E-state index is 0.294. The Balaban J connectivity index is 1.27. The van der Waals surface area contributed by atoms with E-state index in [1.807, 2.05) is 11.8 Å². The fraction of sp³-hybridized carbons (Fsp3) is 0.135. The van der Waals surface area contributed by atoms with Gasteiger partial charge in [-0.1, -0.05) is 0 Å². The molecule has 1 nitrogen and oxygen atoms in total. The van der Waals surface area contributed by atoms with Crippen molar-refractivity contribution in [2.75, 3.05) is 0 Å². The number of rotatable bonds is 3. The van der Waals surface area contributed by atoms with Crippen LogP contribution in [-0.2, 0) is 12.8 Å². The molecule has 6 aromatic rings. The van der Waals surface area contributed by atoms with Gasteiger partial charge in [0, 0.05) is 0 Å². The van der Waals surface area contributed by atoms with Gasteiger partial charge in [-0.05, 0) is 0 Å². The molecule has 0 atom stereocenters. The van der Waals surface area contributed by atoms with Gasteiger partial charge in [-0.15, -0.1) is 0 Å². The summed E-state index contributed by atoms with van der Waals surface area (Å²) in [4.78, 5) is 2.65. The van der Waals surface area contributed by atoms with Gasteiger partial charge >= 0.3 is 266 Å². The number of aryl methyl sites for hydroxylation is 1. The zero-order valence-corrected chi connectivity index (χ0v) is 27.4. The number of fused-ring (bicyclic) bond motifs is 7. The third kappa shape index (κ3) is 4.06. The van der Waals surface area contributed by atoms with Gasteiger partial charge in [-0.2, -0.15) is 0 Å². The van der Waals surface area contributed by atoms with E-state index in [-0.39, 0.29) is 0 Å². The van der Waals surface area contributed by atoms with E-state index in [2.05, 4.69) is 114 Å². The monoisotopic (exact) mass is 689 g/mol. The topological polar surface area (TPSA) is 4.93 Å². The maximum atomic E-state index is 2.69. The van der Waals surface area contributed by atoms with Crippen molar-refractivity contribution in [2.24, 2.45) is 0 Å². The molecule has 3 heterocycles. The second kappa shape index (κ2) is 10.4. The van der Waals surface area contributed by atoms with Crippen LogP contribution in [-0.4, -0.2) is 41.2 Å². The van der Waals surface area contributed by atoms with Crippen molar-refractivity contribution < 1.29 is 0 Å². The molecule has 0 fully saturated rings. The molecule has 2 aliphatic heterocycles. The fourth-order valence-electron chi connectivity index (χ4n) is 7.26. The van der Waals surface area contributed by atoms with E-state index in [0.717, 1.165) is 0 Å². The number of nitrogens with zero attached hydrogens (tertiary/aromatic N) is 1. The molecular weight excluding hydrogens is 659 g/mol. The van der Waals surface area contributed by atoms with Crippen LogP contribution in [0, 0.1) is 0 Å². The van der Waals surface area contributed by atoms with Crippen LogP contribution < -0.4 is 34.2 Å². The normalized spacial score (nSPS) is 15.0. The minimum atomic E-state index is 0.294. The van der Waals surface area contributed by atoms with Crippen molar-refractivity contribution in [3.8, 4) is 5.69 Å². The van der Waals surface area contributed by atoms with Gasteiger partial charge in [0.1, 0.15) is 0 Å². The summed E-state index contributed by atoms with van der Waals surface area (Å²) in [6.45, 7) is 0.294. The molecular formula is C37H28BNSSe2. The summed E-state index contributed by atoms with van der Waals surface area (Å²) in [6.07, 6.45) is 6.29. The summed E-state index contributed by atoms with van der Waals surface area (Å²) in [5, 5.41) is 1.46. The zero-order valence-electron chi connectivity index (χ0n) is 23.2. The summed E-state index contributed by atoms with van der Waals surface area (Å²) >= 11 is 2.50. The molecule has 1 aliphatic carbocycles. The van der Waals surface area contributed by atoms with Crippen molar-refractivity contribution in [3.05, 3.63) is 120 Å². The van der Waals surface area contributed by atoms with Crippen LogP contribution in [0.1, 0.15) is 30.5 Å². The predicted octanol–water partition coefficient (Wildman–Crippen LogP) is 3.50. The number of para-hydroxylation sites is 1. The molecule has 0 saturated carbocycles. The first-order valence-corrected chi connectivity index (χ1v) is 19.2. The molecule has 42 heavy (non-hydrogen) atoms. The molecule has 202 valence electrons. The quantitative estimate of drug-likeness (QED) is 0.204. The molecule has 5 aromatic carbocycles. The molecule has 0 N–H and O–H groups in total. The Morgan fingerprint density at radius 1 is 0.595 bits per heavy atom. The number of aromatic nitrogens is 1. The third-order valence-corrected chi connectivity index (χ3v) is 14.9. The van der Waals surface area contributed by atoms with E-state index >= 15 is 0 Å². The van der Waals surface area contributed by atoms with Crippen molar-refractivity contribution in [1.29, 1.82) is 0 Å². The maximum absolute atomic E-state index is 2.69. The Morgan fingerprint density at radius 2 is 1.33 bits per heavy atom. The average Bonchev–Trinajstić information content (AvgIpc) is 3.15. The molecule has 0 spiro atoms. The van der Waals surface area contributed by atoms with Crippen LogP contribution in [0.5, 0.6) is 0 Å². The standard InChI is InChI=1S/C37H28BNSSe2/c1-3-11-24(12-4-1)40-25-21-22-28-35(23-25)42-34-20-10-19-33-37(34)38(28)36-31(17-9-18-32(36)41-33)39-29-15-6-2-5-13-26(29)27-14-7-8-16-30(27)39/h1,3-4,7-12,14,16-23H,2,5-6,13,15H2. The van der Waals surface area contributed by atoms with Crippen LogP contribution in [0.15, 0.2) is 119 Å². The van der Waals surface area contributed by atoms with E-state index in [0.29, 0.717) is 36.6 Å². The van der Waals surface area contributed by atoms with Gasteiger partial charge in [0.25, 0.3) is 0 Å². The van der Waals surface area contributed by atoms with E-state index in [1.165, 1.54) is 63.9 Å². The number of hydrogen-bond acceptors (Lipinski definition) is 1.